The first-order chi connectivity index (χ1) is 35.5. The molecule has 1 fully saturated rings. The van der Waals surface area contributed by atoms with Crippen LogP contribution in [0.15, 0.2) is 114 Å². The number of rotatable bonds is 27. The van der Waals surface area contributed by atoms with E-state index in [2.05, 4.69) is 12.7 Å². The van der Waals surface area contributed by atoms with Gasteiger partial charge in [-0.15, -0.1) is 6.58 Å². The van der Waals surface area contributed by atoms with E-state index in [1.54, 1.807) is 48.5 Å². The van der Waals surface area contributed by atoms with Crippen LogP contribution in [0.4, 0.5) is 16.2 Å². The van der Waals surface area contributed by atoms with Crippen molar-refractivity contribution in [1.82, 2.24) is 4.90 Å². The van der Waals surface area contributed by atoms with Crippen LogP contribution < -0.4 is 18.9 Å². The Bertz CT molecular complexity index is 2620. The number of unbranched alkanes of at least 4 members (excludes halogenated alkanes) is 2. The second-order valence-corrected chi connectivity index (χ2v) is 17.7. The molecule has 0 radical (unpaired) electrons. The molecule has 7 rings (SSSR count). The zero-order valence-corrected chi connectivity index (χ0v) is 40.5. The zero-order valence-electron chi connectivity index (χ0n) is 40.5. The average molecular weight is 1010 g/mol. The van der Waals surface area contributed by atoms with E-state index in [-0.39, 0.29) is 93.7 Å². The van der Waals surface area contributed by atoms with Gasteiger partial charge in [-0.2, -0.15) is 0 Å². The molecule has 1 amide bonds. The van der Waals surface area contributed by atoms with Crippen LogP contribution in [0.25, 0.3) is 0 Å². The number of methoxy groups -OCH3 is 1. The van der Waals surface area contributed by atoms with Gasteiger partial charge in [0.1, 0.15) is 41.4 Å². The van der Waals surface area contributed by atoms with Gasteiger partial charge in [-0.1, -0.05) is 30.1 Å². The van der Waals surface area contributed by atoms with Crippen molar-refractivity contribution in [2.45, 2.75) is 69.3 Å². The number of fused-ring (bicyclic) bond motifs is 2. The summed E-state index contributed by atoms with van der Waals surface area (Å²) in [4.78, 5) is 56.4. The summed E-state index contributed by atoms with van der Waals surface area (Å²) < 4.78 is 37.9. The fourth-order valence-corrected chi connectivity index (χ4v) is 10.1. The first kappa shape index (κ1) is 53.6. The van der Waals surface area contributed by atoms with Gasteiger partial charge in [0.25, 0.3) is 11.4 Å². The lowest BCUT2D eigenvalue weighted by Crippen LogP contribution is -2.70. The smallest absolute Gasteiger partial charge is 0.415 e. The summed E-state index contributed by atoms with van der Waals surface area (Å²) in [7, 11) is 1.47. The van der Waals surface area contributed by atoms with E-state index < -0.39 is 39.6 Å². The Morgan fingerprint density at radius 1 is 0.877 bits per heavy atom. The van der Waals surface area contributed by atoms with Crippen molar-refractivity contribution in [1.29, 1.82) is 0 Å². The maximum Gasteiger partial charge on any atom is 0.415 e. The molecule has 4 aromatic rings. The van der Waals surface area contributed by atoms with E-state index in [1.807, 2.05) is 6.07 Å². The lowest BCUT2D eigenvalue weighted by Gasteiger charge is -2.59. The van der Waals surface area contributed by atoms with Crippen molar-refractivity contribution in [3.8, 4) is 28.7 Å². The summed E-state index contributed by atoms with van der Waals surface area (Å²) in [6, 6.07) is 20.1. The van der Waals surface area contributed by atoms with Crippen molar-refractivity contribution in [2.24, 2.45) is 22.9 Å². The second-order valence-electron chi connectivity index (χ2n) is 17.7. The highest BCUT2D eigenvalue weighted by atomic mass is 16.7. The standard InChI is InChI=1S/C53H60N4O16/c1-3-26-69-53-49(55(22-27-68-28-25-60)52(62)72-40-16-14-39(15-17-40)57(65)66)32-46(54-70-34-35-10-12-38(13-11-35)56(63)64)44-30-36(8-4-6-23-58)43(9-5-7-24-59)50(51(44)53)45-31-42(19-21-48(45)73-53)71-41-18-20-47(67-2)37(29-41)33-61/h3,10-21,29-31,33,36,43,49-51,58-60H,1,4-9,22-28,32,34H2,2H3/t36-,43+,49-,50+,51+,53+/m0/s1. The Kier molecular flexibility index (Phi) is 18.7. The van der Waals surface area contributed by atoms with E-state index in [1.165, 1.54) is 48.4 Å². The third-order valence-electron chi connectivity index (χ3n) is 13.3. The molecule has 20 heteroatoms. The largest absolute Gasteiger partial charge is 0.496 e. The molecule has 20 nitrogen and oxygen atoms in total. The van der Waals surface area contributed by atoms with Crippen molar-refractivity contribution in [3.63, 3.8) is 0 Å². The summed E-state index contributed by atoms with van der Waals surface area (Å²) in [5, 5.41) is 57.5. The highest BCUT2D eigenvalue weighted by Gasteiger charge is 2.65. The van der Waals surface area contributed by atoms with Crippen LogP contribution in [0.2, 0.25) is 0 Å². The number of aliphatic hydroxyl groups excluding tert-OH is 3. The number of carbonyl (C=O) groups excluding carboxylic acids is 2. The van der Waals surface area contributed by atoms with Gasteiger partial charge in [-0.05, 0) is 109 Å². The molecule has 3 N–H and O–H groups in total. The molecule has 0 spiro atoms. The molecular formula is C53H60N4O16. The minimum atomic E-state index is -1.73. The van der Waals surface area contributed by atoms with Gasteiger partial charge in [-0.3, -0.25) is 29.9 Å². The Morgan fingerprint density at radius 3 is 2.21 bits per heavy atom. The van der Waals surface area contributed by atoms with E-state index in [0.29, 0.717) is 84.7 Å². The highest BCUT2D eigenvalue weighted by molar-refractivity contribution is 6.03. The molecule has 4 aromatic carbocycles. The first-order valence-corrected chi connectivity index (χ1v) is 24.1. The van der Waals surface area contributed by atoms with E-state index >= 15 is 0 Å². The third kappa shape index (κ3) is 12.5. The number of non-ortho nitro benzene ring substituents is 2. The minimum absolute atomic E-state index is 0.00369. The first-order valence-electron chi connectivity index (χ1n) is 24.1. The van der Waals surface area contributed by atoms with Crippen molar-refractivity contribution < 1.29 is 68.0 Å². The van der Waals surface area contributed by atoms with Crippen LogP contribution in [0, 0.1) is 38.0 Å². The predicted molar refractivity (Wildman–Crippen MR) is 265 cm³/mol. The number of benzene rings is 4. The van der Waals surface area contributed by atoms with E-state index in [4.69, 9.17) is 38.4 Å². The number of aliphatic hydroxyl groups is 3. The van der Waals surface area contributed by atoms with Gasteiger partial charge >= 0.3 is 6.09 Å². The highest BCUT2D eigenvalue weighted by Crippen LogP contribution is 2.62. The summed E-state index contributed by atoms with van der Waals surface area (Å²) in [5.41, 5.74) is 2.47. The molecule has 6 atom stereocenters. The van der Waals surface area contributed by atoms with Crippen molar-refractivity contribution >= 4 is 29.5 Å². The number of nitrogens with zero attached hydrogens (tertiary/aromatic N) is 4. The van der Waals surface area contributed by atoms with Crippen LogP contribution >= 0.6 is 0 Å². The third-order valence-corrected chi connectivity index (χ3v) is 13.3. The van der Waals surface area contributed by atoms with E-state index in [0.717, 1.165) is 5.56 Å². The number of amides is 1. The van der Waals surface area contributed by atoms with Gasteiger partial charge in [0.15, 0.2) is 6.29 Å². The number of carbonyl (C=O) groups is 2. The molecule has 388 valence electrons. The fraction of sp³-hybridized carbons (Fsp3) is 0.415. The van der Waals surface area contributed by atoms with Crippen LogP contribution in [-0.2, 0) is 20.9 Å². The van der Waals surface area contributed by atoms with Crippen molar-refractivity contribution in [2.75, 3.05) is 53.3 Å². The normalized spacial score (nSPS) is 21.1. The molecule has 0 aromatic heterocycles. The number of hydrogen-bond donors (Lipinski definition) is 3. The summed E-state index contributed by atoms with van der Waals surface area (Å²) >= 11 is 0. The molecule has 1 aliphatic heterocycles. The number of oxime groups is 1. The van der Waals surface area contributed by atoms with Gasteiger partial charge in [0, 0.05) is 61.9 Å². The fourth-order valence-electron chi connectivity index (χ4n) is 10.1. The van der Waals surface area contributed by atoms with Gasteiger partial charge in [-0.25, -0.2) is 4.79 Å². The van der Waals surface area contributed by atoms with E-state index in [9.17, 15) is 45.1 Å². The van der Waals surface area contributed by atoms with Crippen LogP contribution in [0.1, 0.15) is 72.3 Å². The number of aldehydes is 1. The molecule has 0 unspecified atom stereocenters. The topological polar surface area (TPSA) is 261 Å². The Labute approximate surface area is 421 Å². The van der Waals surface area contributed by atoms with Gasteiger partial charge < -0.3 is 48.6 Å². The molecule has 1 heterocycles. The number of nitro groups is 2. The summed E-state index contributed by atoms with van der Waals surface area (Å²) in [6.45, 7) is 3.29. The summed E-state index contributed by atoms with van der Waals surface area (Å²) in [6.07, 6.45) is 7.19. The molecule has 0 saturated heterocycles. The quantitative estimate of drug-likeness (QED) is 0.0166. The molecular weight excluding hydrogens is 949 g/mol. The lowest BCUT2D eigenvalue weighted by molar-refractivity contribution is -0.385. The Hall–Kier alpha value is -7.23. The Balaban J connectivity index is 1.43. The molecule has 0 bridgehead atoms. The van der Waals surface area contributed by atoms with Crippen LogP contribution in [0.3, 0.4) is 0 Å². The van der Waals surface area contributed by atoms with Crippen LogP contribution in [-0.4, -0.2) is 113 Å². The monoisotopic (exact) mass is 1010 g/mol. The van der Waals surface area contributed by atoms with Gasteiger partial charge in [0.05, 0.1) is 60.6 Å². The number of hydrogen-bond acceptors (Lipinski definition) is 17. The van der Waals surface area contributed by atoms with Crippen LogP contribution in [0.5, 0.6) is 28.7 Å². The zero-order chi connectivity index (χ0) is 51.9. The number of allylic oxidation sites excluding steroid dienone is 1. The second kappa shape index (κ2) is 25.4. The van der Waals surface area contributed by atoms with Crippen molar-refractivity contribution in [3.05, 3.63) is 146 Å². The number of ether oxygens (including phenoxy) is 6. The Morgan fingerprint density at radius 2 is 1.55 bits per heavy atom. The molecule has 1 saturated carbocycles. The maximum atomic E-state index is 14.9. The lowest BCUT2D eigenvalue weighted by atomic mass is 9.55. The SMILES string of the molecule is C=CCO[C@@]12Oc3ccc(Oc4ccc(OC)c(C=O)c4)cc3[C@H]3[C@H](CCCCO)[C@@H](CCCCO)C=C(C(=NOCc4ccc([N+](=O)[O-])cc4)C[C@@H]1N(CCOCCO)C(=O)Oc1ccc([N+](=O)[O-])cc1)[C@H]32. The minimum Gasteiger partial charge on any atom is -0.496 e. The van der Waals surface area contributed by atoms with Gasteiger partial charge in [0.2, 0.25) is 5.79 Å². The average Bonchev–Trinajstić information content (AvgIpc) is 3.39. The predicted octanol–water partition coefficient (Wildman–Crippen LogP) is 8.46. The maximum absolute atomic E-state index is 14.9. The molecule has 3 aliphatic rings. The molecule has 2 aliphatic carbocycles. The molecule has 73 heavy (non-hydrogen) atoms. The number of nitro benzene ring substituents is 2. The summed E-state index contributed by atoms with van der Waals surface area (Å²) in [5.74, 6) is -1.66.